The van der Waals surface area contributed by atoms with Crippen LogP contribution in [0.25, 0.3) is 0 Å². The van der Waals surface area contributed by atoms with Gasteiger partial charge in [-0.15, -0.1) is 0 Å². The van der Waals surface area contributed by atoms with Crippen molar-refractivity contribution >= 4 is 10.0 Å². The lowest BCUT2D eigenvalue weighted by Crippen LogP contribution is -2.27. The number of ether oxygens (including phenoxy) is 1. The zero-order chi connectivity index (χ0) is 15.9. The number of aliphatic hydroxyl groups is 1. The minimum Gasteiger partial charge on any atom is -0.492 e. The van der Waals surface area contributed by atoms with Gasteiger partial charge in [-0.05, 0) is 43.5 Å². The van der Waals surface area contributed by atoms with Crippen LogP contribution >= 0.6 is 0 Å². The van der Waals surface area contributed by atoms with Gasteiger partial charge in [-0.25, -0.2) is 13.1 Å². The number of aryl methyl sites for hydroxylation is 2. The van der Waals surface area contributed by atoms with Gasteiger partial charge in [-0.2, -0.15) is 0 Å². The average Bonchev–Trinajstić information content (AvgIpc) is 2.44. The first-order valence-corrected chi connectivity index (χ1v) is 8.75. The molecule has 0 unspecified atom stereocenters. The lowest BCUT2D eigenvalue weighted by Gasteiger charge is -2.15. The summed E-state index contributed by atoms with van der Waals surface area (Å²) in [6.07, 6.45) is 3.03. The van der Waals surface area contributed by atoms with Crippen molar-refractivity contribution in [3.05, 3.63) is 23.3 Å². The van der Waals surface area contributed by atoms with E-state index >= 15 is 0 Å². The van der Waals surface area contributed by atoms with Gasteiger partial charge in [0, 0.05) is 6.54 Å². The first kappa shape index (κ1) is 17.9. The number of rotatable bonds is 9. The highest BCUT2D eigenvalue weighted by atomic mass is 32.2. The predicted molar refractivity (Wildman–Crippen MR) is 83.2 cm³/mol. The fraction of sp³-hybridized carbons (Fsp3) is 0.600. The van der Waals surface area contributed by atoms with E-state index in [1.54, 1.807) is 12.1 Å². The van der Waals surface area contributed by atoms with Gasteiger partial charge in [0.25, 0.3) is 0 Å². The molecule has 1 aromatic carbocycles. The van der Waals surface area contributed by atoms with Crippen LogP contribution in [0.1, 0.15) is 37.3 Å². The minimum absolute atomic E-state index is 0.00939. The summed E-state index contributed by atoms with van der Waals surface area (Å²) in [5, 5.41) is 8.79. The van der Waals surface area contributed by atoms with Crippen LogP contribution in [0, 0.1) is 13.8 Å². The largest absolute Gasteiger partial charge is 0.492 e. The number of hydrogen-bond donors (Lipinski definition) is 2. The first-order valence-electron chi connectivity index (χ1n) is 7.27. The molecule has 6 heteroatoms. The zero-order valence-electron chi connectivity index (χ0n) is 13.0. The molecule has 0 saturated carbocycles. The summed E-state index contributed by atoms with van der Waals surface area (Å²) in [4.78, 5) is 0.135. The van der Waals surface area contributed by atoms with Crippen molar-refractivity contribution in [1.29, 1.82) is 0 Å². The number of hydrogen-bond acceptors (Lipinski definition) is 4. The Hall–Kier alpha value is -1.11. The summed E-state index contributed by atoms with van der Waals surface area (Å²) in [5.41, 5.74) is 1.88. The summed E-state index contributed by atoms with van der Waals surface area (Å²) in [5.74, 6) is 0.375. The fourth-order valence-electron chi connectivity index (χ4n) is 1.88. The summed E-state index contributed by atoms with van der Waals surface area (Å²) in [6.45, 7) is 6.14. The maximum Gasteiger partial charge on any atom is 0.244 e. The Kier molecular flexibility index (Phi) is 7.14. The van der Waals surface area contributed by atoms with Crippen molar-refractivity contribution in [1.82, 2.24) is 4.72 Å². The molecule has 0 spiro atoms. The van der Waals surface area contributed by atoms with Crippen LogP contribution in [0.4, 0.5) is 0 Å². The third-order valence-electron chi connectivity index (χ3n) is 3.26. The molecule has 0 heterocycles. The molecular formula is C15H25NO4S. The van der Waals surface area contributed by atoms with E-state index in [0.717, 1.165) is 30.4 Å². The Morgan fingerprint density at radius 3 is 2.48 bits per heavy atom. The predicted octanol–water partition coefficient (Wildman–Crippen LogP) is 2.14. The number of unbranched alkanes of at least 4 members (excludes halogenated alkanes) is 2. The molecule has 2 N–H and O–H groups in total. The van der Waals surface area contributed by atoms with E-state index in [1.807, 2.05) is 13.8 Å². The Labute approximate surface area is 127 Å². The normalized spacial score (nSPS) is 11.6. The van der Waals surface area contributed by atoms with Crippen LogP contribution in [0.15, 0.2) is 17.0 Å². The molecule has 0 saturated heterocycles. The van der Waals surface area contributed by atoms with Crippen LogP contribution < -0.4 is 9.46 Å². The van der Waals surface area contributed by atoms with Gasteiger partial charge in [-0.1, -0.05) is 19.8 Å². The molecule has 0 aromatic heterocycles. The summed E-state index contributed by atoms with van der Waals surface area (Å²) in [6, 6.07) is 3.37. The average molecular weight is 315 g/mol. The van der Waals surface area contributed by atoms with E-state index in [0.29, 0.717) is 12.4 Å². The molecule has 0 aliphatic carbocycles. The second-order valence-corrected chi connectivity index (χ2v) is 6.80. The third-order valence-corrected chi connectivity index (χ3v) is 4.74. The topological polar surface area (TPSA) is 75.6 Å². The summed E-state index contributed by atoms with van der Waals surface area (Å²) >= 11 is 0. The third kappa shape index (κ3) is 5.30. The van der Waals surface area contributed by atoms with Gasteiger partial charge < -0.3 is 9.84 Å². The van der Waals surface area contributed by atoms with E-state index in [4.69, 9.17) is 9.84 Å². The molecular weight excluding hydrogens is 290 g/mol. The first-order chi connectivity index (χ1) is 9.92. The lowest BCUT2D eigenvalue weighted by molar-refractivity contribution is 0.296. The smallest absolute Gasteiger partial charge is 0.244 e. The highest BCUT2D eigenvalue weighted by molar-refractivity contribution is 7.89. The molecule has 5 nitrogen and oxygen atoms in total. The number of benzene rings is 1. The van der Waals surface area contributed by atoms with Crippen LogP contribution in [0.2, 0.25) is 0 Å². The molecule has 120 valence electrons. The van der Waals surface area contributed by atoms with Crippen molar-refractivity contribution in [2.45, 2.75) is 44.9 Å². The Balaban J connectivity index is 3.02. The maximum absolute atomic E-state index is 12.3. The number of nitrogens with one attached hydrogen (secondary N) is 1. The molecule has 0 aliphatic heterocycles. The van der Waals surface area contributed by atoms with Gasteiger partial charge in [0.05, 0.1) is 13.2 Å². The molecule has 0 bridgehead atoms. The van der Waals surface area contributed by atoms with Gasteiger partial charge in [-0.3, -0.25) is 0 Å². The van der Waals surface area contributed by atoms with Crippen molar-refractivity contribution in [3.63, 3.8) is 0 Å². The molecule has 21 heavy (non-hydrogen) atoms. The van der Waals surface area contributed by atoms with Gasteiger partial charge in [0.1, 0.15) is 10.6 Å². The van der Waals surface area contributed by atoms with Crippen LogP contribution in [0.3, 0.4) is 0 Å². The second kappa shape index (κ2) is 8.36. The van der Waals surface area contributed by atoms with Crippen molar-refractivity contribution in [2.24, 2.45) is 0 Å². The Morgan fingerprint density at radius 1 is 1.19 bits per heavy atom. The standard InChI is InChI=1S/C15H25NO4S/c1-4-5-6-9-20-14-10-12(2)13(3)11-15(14)21(18,19)16-7-8-17/h10-11,16-17H,4-9H2,1-3H3. The van der Waals surface area contributed by atoms with Crippen LogP contribution in [-0.4, -0.2) is 33.3 Å². The fourth-order valence-corrected chi connectivity index (χ4v) is 3.11. The summed E-state index contributed by atoms with van der Waals surface area (Å²) in [7, 11) is -3.67. The number of aliphatic hydroxyl groups excluding tert-OH is 1. The van der Waals surface area contributed by atoms with E-state index in [2.05, 4.69) is 11.6 Å². The number of sulfonamides is 1. The summed E-state index contributed by atoms with van der Waals surface area (Å²) < 4.78 is 32.5. The quantitative estimate of drug-likeness (QED) is 0.685. The molecule has 1 aromatic rings. The van der Waals surface area contributed by atoms with Crippen LogP contribution in [0.5, 0.6) is 5.75 Å². The molecule has 1 rings (SSSR count). The Bertz CT molecular complexity index is 555. The van der Waals surface area contributed by atoms with Gasteiger partial charge >= 0.3 is 0 Å². The molecule has 0 atom stereocenters. The lowest BCUT2D eigenvalue weighted by atomic mass is 10.1. The van der Waals surface area contributed by atoms with Crippen LogP contribution in [-0.2, 0) is 10.0 Å². The van der Waals surface area contributed by atoms with Crippen molar-refractivity contribution in [2.75, 3.05) is 19.8 Å². The highest BCUT2D eigenvalue weighted by Gasteiger charge is 2.20. The Morgan fingerprint density at radius 2 is 1.86 bits per heavy atom. The maximum atomic E-state index is 12.3. The van der Waals surface area contributed by atoms with Crippen molar-refractivity contribution < 1.29 is 18.3 Å². The van der Waals surface area contributed by atoms with E-state index < -0.39 is 10.0 Å². The molecule has 0 fully saturated rings. The van der Waals surface area contributed by atoms with E-state index in [1.165, 1.54) is 0 Å². The molecule has 0 amide bonds. The minimum atomic E-state index is -3.67. The van der Waals surface area contributed by atoms with E-state index in [-0.39, 0.29) is 18.0 Å². The second-order valence-electron chi connectivity index (χ2n) is 5.06. The highest BCUT2D eigenvalue weighted by Crippen LogP contribution is 2.27. The van der Waals surface area contributed by atoms with E-state index in [9.17, 15) is 8.42 Å². The van der Waals surface area contributed by atoms with Gasteiger partial charge in [0.2, 0.25) is 10.0 Å². The monoisotopic (exact) mass is 315 g/mol. The van der Waals surface area contributed by atoms with Gasteiger partial charge in [0.15, 0.2) is 0 Å². The molecule has 0 aliphatic rings. The zero-order valence-corrected chi connectivity index (χ0v) is 13.8. The SMILES string of the molecule is CCCCCOc1cc(C)c(C)cc1S(=O)(=O)NCCO. The van der Waals surface area contributed by atoms with Crippen molar-refractivity contribution in [3.8, 4) is 5.75 Å². The molecule has 0 radical (unpaired) electrons.